The average molecular weight is 419 g/mol. The van der Waals surface area contributed by atoms with Crippen molar-refractivity contribution in [3.63, 3.8) is 0 Å². The molecule has 0 nitrogen and oxygen atoms in total. The lowest BCUT2D eigenvalue weighted by Crippen LogP contribution is -1.94. The minimum Gasteiger partial charge on any atom is -0.207 e. The van der Waals surface area contributed by atoms with E-state index >= 15 is 0 Å². The van der Waals surface area contributed by atoms with Crippen molar-refractivity contribution in [1.82, 2.24) is 0 Å². The molecule has 0 aliphatic carbocycles. The van der Waals surface area contributed by atoms with Gasteiger partial charge in [0.2, 0.25) is 0 Å². The molecule has 0 N–H and O–H groups in total. The summed E-state index contributed by atoms with van der Waals surface area (Å²) in [6.07, 6.45) is 0. The van der Waals surface area contributed by atoms with E-state index in [1.807, 2.05) is 6.07 Å². The smallest absolute Gasteiger partial charge is 0.129 e. The maximum atomic E-state index is 13.7. The van der Waals surface area contributed by atoms with E-state index in [0.717, 1.165) is 9.35 Å². The average Bonchev–Trinajstić information content (AvgIpc) is 2.58. The molecule has 1 unspecified atom stereocenters. The summed E-state index contributed by atoms with van der Waals surface area (Å²) in [5.41, 5.74) is 0.445. The van der Waals surface area contributed by atoms with Gasteiger partial charge in [0.05, 0.1) is 5.38 Å². The van der Waals surface area contributed by atoms with Gasteiger partial charge in [0.1, 0.15) is 10.2 Å². The lowest BCUT2D eigenvalue weighted by atomic mass is 10.1. The van der Waals surface area contributed by atoms with Gasteiger partial charge < -0.3 is 0 Å². The summed E-state index contributed by atoms with van der Waals surface area (Å²) >= 11 is 20.0. The number of hydrogen-bond acceptors (Lipinski definition) is 1. The first-order chi connectivity index (χ1) is 7.99. The van der Waals surface area contributed by atoms with Gasteiger partial charge in [-0.15, -0.1) is 22.9 Å². The van der Waals surface area contributed by atoms with Crippen molar-refractivity contribution in [1.29, 1.82) is 0 Å². The van der Waals surface area contributed by atoms with Crippen LogP contribution in [0.15, 0.2) is 33.2 Å². The van der Waals surface area contributed by atoms with Crippen LogP contribution in [0.3, 0.4) is 0 Å². The van der Waals surface area contributed by atoms with Crippen LogP contribution in [0.4, 0.5) is 4.39 Å². The third-order valence-corrected chi connectivity index (χ3v) is 5.78. The number of halogens is 5. The summed E-state index contributed by atoms with van der Waals surface area (Å²) in [7, 11) is 0. The fourth-order valence-electron chi connectivity index (χ4n) is 1.35. The molecule has 1 aromatic heterocycles. The molecule has 2 aromatic rings. The highest BCUT2D eigenvalue weighted by Crippen LogP contribution is 2.41. The standard InChI is InChI=1S/C11H5Br2Cl2FS/c12-5-1-2-6(8(16)3-5)10(14)9-4-7(13)11(15)17-9/h1-4,10H. The fraction of sp³-hybridized carbons (Fsp3) is 0.0909. The van der Waals surface area contributed by atoms with Gasteiger partial charge in [0.25, 0.3) is 0 Å². The molecule has 1 aromatic carbocycles. The Morgan fingerprint density at radius 1 is 1.24 bits per heavy atom. The predicted molar refractivity (Wildman–Crippen MR) is 78.8 cm³/mol. The Balaban J connectivity index is 2.39. The lowest BCUT2D eigenvalue weighted by Gasteiger charge is -2.08. The second kappa shape index (κ2) is 5.57. The first-order valence-corrected chi connectivity index (χ1v) is 7.74. The molecule has 1 heterocycles. The number of hydrogen-bond donors (Lipinski definition) is 0. The zero-order chi connectivity index (χ0) is 12.6. The first-order valence-electron chi connectivity index (χ1n) is 4.53. The third kappa shape index (κ3) is 3.04. The summed E-state index contributed by atoms with van der Waals surface area (Å²) in [5.74, 6) is -0.333. The lowest BCUT2D eigenvalue weighted by molar-refractivity contribution is 0.612. The number of rotatable bonds is 2. The fourth-order valence-corrected chi connectivity index (χ4v) is 3.79. The first kappa shape index (κ1) is 13.8. The SMILES string of the molecule is Fc1cc(Br)ccc1C(Cl)c1cc(Br)c(Cl)s1. The minimum absolute atomic E-state index is 0.333. The van der Waals surface area contributed by atoms with Gasteiger partial charge in [-0.1, -0.05) is 33.6 Å². The molecule has 0 saturated carbocycles. The summed E-state index contributed by atoms with van der Waals surface area (Å²) in [6, 6.07) is 6.64. The number of benzene rings is 1. The quantitative estimate of drug-likeness (QED) is 0.495. The van der Waals surface area contributed by atoms with E-state index in [2.05, 4.69) is 31.9 Å². The van der Waals surface area contributed by atoms with Crippen LogP contribution in [0.1, 0.15) is 15.8 Å². The monoisotopic (exact) mass is 416 g/mol. The molecule has 0 bridgehead atoms. The van der Waals surface area contributed by atoms with Crippen LogP contribution in [0.25, 0.3) is 0 Å². The highest BCUT2D eigenvalue weighted by molar-refractivity contribution is 9.10. The molecule has 0 radical (unpaired) electrons. The van der Waals surface area contributed by atoms with Crippen LogP contribution >= 0.6 is 66.4 Å². The van der Waals surface area contributed by atoms with Crippen LogP contribution in [0.5, 0.6) is 0 Å². The van der Waals surface area contributed by atoms with Gasteiger partial charge >= 0.3 is 0 Å². The molecule has 90 valence electrons. The molecule has 0 aliphatic heterocycles. The maximum absolute atomic E-state index is 13.7. The van der Waals surface area contributed by atoms with Gasteiger partial charge in [-0.05, 0) is 34.1 Å². The van der Waals surface area contributed by atoms with Crippen molar-refractivity contribution < 1.29 is 4.39 Å². The van der Waals surface area contributed by atoms with Crippen LogP contribution < -0.4 is 0 Å². The second-order valence-electron chi connectivity index (χ2n) is 3.30. The largest absolute Gasteiger partial charge is 0.207 e. The second-order valence-corrected chi connectivity index (χ2v) is 7.19. The highest BCUT2D eigenvalue weighted by Gasteiger charge is 2.18. The molecule has 2 rings (SSSR count). The van der Waals surface area contributed by atoms with Crippen molar-refractivity contribution in [2.45, 2.75) is 5.38 Å². The van der Waals surface area contributed by atoms with Gasteiger partial charge in [0, 0.05) is 19.4 Å². The van der Waals surface area contributed by atoms with Crippen molar-refractivity contribution >= 4 is 66.4 Å². The Hall–Kier alpha value is 0.390. The normalized spacial score (nSPS) is 12.8. The van der Waals surface area contributed by atoms with Gasteiger partial charge in [-0.2, -0.15) is 0 Å². The van der Waals surface area contributed by atoms with Crippen molar-refractivity contribution in [2.75, 3.05) is 0 Å². The summed E-state index contributed by atoms with van der Waals surface area (Å²) < 4.78 is 15.8. The molecule has 17 heavy (non-hydrogen) atoms. The molecule has 0 aliphatic rings. The van der Waals surface area contributed by atoms with E-state index in [-0.39, 0.29) is 5.82 Å². The van der Waals surface area contributed by atoms with Gasteiger partial charge in [-0.25, -0.2) is 4.39 Å². The van der Waals surface area contributed by atoms with E-state index in [1.165, 1.54) is 17.4 Å². The predicted octanol–water partition coefficient (Wildman–Crippen LogP) is 6.39. The van der Waals surface area contributed by atoms with E-state index in [9.17, 15) is 4.39 Å². The number of thiophene rings is 1. The van der Waals surface area contributed by atoms with Gasteiger partial charge in [0.15, 0.2) is 0 Å². The Bertz CT molecular complexity index is 537. The number of alkyl halides is 1. The van der Waals surface area contributed by atoms with Crippen LogP contribution in [-0.2, 0) is 0 Å². The Morgan fingerprint density at radius 3 is 2.47 bits per heavy atom. The summed E-state index contributed by atoms with van der Waals surface area (Å²) in [6.45, 7) is 0. The van der Waals surface area contributed by atoms with Crippen LogP contribution in [0.2, 0.25) is 4.34 Å². The molecular formula is C11H5Br2Cl2FS. The molecule has 1 atom stereocenters. The Labute approximate surface area is 129 Å². The third-order valence-electron chi connectivity index (χ3n) is 2.15. The maximum Gasteiger partial charge on any atom is 0.129 e. The molecule has 0 saturated heterocycles. The molecule has 6 heteroatoms. The molecule has 0 amide bonds. The zero-order valence-electron chi connectivity index (χ0n) is 8.18. The van der Waals surface area contributed by atoms with Crippen molar-refractivity contribution in [3.05, 3.63) is 53.8 Å². The van der Waals surface area contributed by atoms with E-state index in [0.29, 0.717) is 14.4 Å². The Morgan fingerprint density at radius 2 is 1.94 bits per heavy atom. The van der Waals surface area contributed by atoms with Gasteiger partial charge in [-0.3, -0.25) is 0 Å². The highest BCUT2D eigenvalue weighted by atomic mass is 79.9. The van der Waals surface area contributed by atoms with Crippen LogP contribution in [0, 0.1) is 5.82 Å². The summed E-state index contributed by atoms with van der Waals surface area (Å²) in [5, 5.41) is -0.531. The van der Waals surface area contributed by atoms with Crippen molar-refractivity contribution in [3.8, 4) is 0 Å². The zero-order valence-corrected chi connectivity index (χ0v) is 13.7. The van der Waals surface area contributed by atoms with Crippen molar-refractivity contribution in [2.24, 2.45) is 0 Å². The summed E-state index contributed by atoms with van der Waals surface area (Å²) in [4.78, 5) is 0.810. The topological polar surface area (TPSA) is 0 Å². The Kier molecular flexibility index (Phi) is 4.53. The van der Waals surface area contributed by atoms with E-state index in [4.69, 9.17) is 23.2 Å². The molecular weight excluding hydrogens is 414 g/mol. The van der Waals surface area contributed by atoms with E-state index in [1.54, 1.807) is 12.1 Å². The van der Waals surface area contributed by atoms with E-state index < -0.39 is 5.38 Å². The molecule has 0 fully saturated rings. The molecule has 0 spiro atoms. The van der Waals surface area contributed by atoms with Crippen LogP contribution in [-0.4, -0.2) is 0 Å². The minimum atomic E-state index is -0.531.